The molecule has 1 aromatic rings. The van der Waals surface area contributed by atoms with E-state index in [0.717, 1.165) is 49.9 Å². The van der Waals surface area contributed by atoms with E-state index in [-0.39, 0.29) is 17.8 Å². The maximum absolute atomic E-state index is 13.3. The molecular weight excluding hydrogens is 283 g/mol. The number of methoxy groups -OCH3 is 1. The van der Waals surface area contributed by atoms with Crippen molar-refractivity contribution in [2.24, 2.45) is 5.41 Å². The third-order valence-electron chi connectivity index (χ3n) is 4.95. The number of rotatable bonds is 4. The van der Waals surface area contributed by atoms with Gasteiger partial charge >= 0.3 is 0 Å². The van der Waals surface area contributed by atoms with Crippen molar-refractivity contribution in [3.8, 4) is 0 Å². The predicted molar refractivity (Wildman–Crippen MR) is 82.0 cm³/mol. The highest BCUT2D eigenvalue weighted by Crippen LogP contribution is 2.35. The predicted octanol–water partition coefficient (Wildman–Crippen LogP) is 1.95. The first-order valence-corrected chi connectivity index (χ1v) is 7.93. The van der Waals surface area contributed by atoms with Gasteiger partial charge < -0.3 is 15.4 Å². The largest absolute Gasteiger partial charge is 0.384 e. The summed E-state index contributed by atoms with van der Waals surface area (Å²) in [6.07, 6.45) is 3.23. The van der Waals surface area contributed by atoms with E-state index in [1.807, 2.05) is 0 Å². The van der Waals surface area contributed by atoms with Crippen LogP contribution in [0.1, 0.15) is 36.4 Å². The molecule has 1 aromatic carbocycles. The molecule has 2 N–H and O–H groups in total. The summed E-state index contributed by atoms with van der Waals surface area (Å²) in [4.78, 5) is 12.8. The fraction of sp³-hybridized carbons (Fsp3) is 0.588. The molecule has 0 spiro atoms. The maximum atomic E-state index is 13.3. The van der Waals surface area contributed by atoms with Crippen molar-refractivity contribution in [1.82, 2.24) is 10.6 Å². The van der Waals surface area contributed by atoms with Gasteiger partial charge in [0.05, 0.1) is 18.1 Å². The van der Waals surface area contributed by atoms with Crippen LogP contribution in [0.5, 0.6) is 0 Å². The number of amides is 1. The lowest BCUT2D eigenvalue weighted by Gasteiger charge is -2.36. The zero-order chi connectivity index (χ0) is 15.6. The summed E-state index contributed by atoms with van der Waals surface area (Å²) >= 11 is 0. The van der Waals surface area contributed by atoms with E-state index in [4.69, 9.17) is 4.74 Å². The monoisotopic (exact) mass is 306 g/mol. The zero-order valence-electron chi connectivity index (χ0n) is 13.0. The highest BCUT2D eigenvalue weighted by atomic mass is 19.1. The topological polar surface area (TPSA) is 50.4 Å². The molecule has 22 heavy (non-hydrogen) atoms. The maximum Gasteiger partial charge on any atom is 0.229 e. The highest BCUT2D eigenvalue weighted by Gasteiger charge is 2.41. The van der Waals surface area contributed by atoms with Crippen LogP contribution in [0.2, 0.25) is 0 Å². The summed E-state index contributed by atoms with van der Waals surface area (Å²) in [5, 5.41) is 6.47. The van der Waals surface area contributed by atoms with E-state index in [1.165, 1.54) is 6.07 Å². The third-order valence-corrected chi connectivity index (χ3v) is 4.95. The molecule has 1 heterocycles. The number of hydrogen-bond donors (Lipinski definition) is 2. The van der Waals surface area contributed by atoms with Crippen molar-refractivity contribution in [1.29, 1.82) is 0 Å². The standard InChI is InChI=1S/C17H23FN2O2/c1-22-11-17(6-8-19-9-7-17)16(21)20-15-5-2-12-10-13(18)3-4-14(12)15/h3-4,10,15,19H,2,5-9,11H2,1H3,(H,20,21). The van der Waals surface area contributed by atoms with Gasteiger partial charge in [-0.25, -0.2) is 4.39 Å². The van der Waals surface area contributed by atoms with Crippen LogP contribution in [0.15, 0.2) is 18.2 Å². The van der Waals surface area contributed by atoms with Crippen molar-refractivity contribution < 1.29 is 13.9 Å². The summed E-state index contributed by atoms with van der Waals surface area (Å²) < 4.78 is 18.6. The Labute approximate surface area is 130 Å². The smallest absolute Gasteiger partial charge is 0.229 e. The molecule has 120 valence electrons. The molecule has 0 aromatic heterocycles. The molecule has 4 nitrogen and oxygen atoms in total. The Bertz CT molecular complexity index is 550. The van der Waals surface area contributed by atoms with Gasteiger partial charge in [0, 0.05) is 7.11 Å². The first kappa shape index (κ1) is 15.4. The van der Waals surface area contributed by atoms with Crippen LogP contribution >= 0.6 is 0 Å². The fourth-order valence-electron chi connectivity index (χ4n) is 3.67. The van der Waals surface area contributed by atoms with Gasteiger partial charge in [0.2, 0.25) is 5.91 Å². The molecular formula is C17H23FN2O2. The fourth-order valence-corrected chi connectivity index (χ4v) is 3.67. The Morgan fingerprint density at radius 3 is 2.95 bits per heavy atom. The van der Waals surface area contributed by atoms with Crippen LogP contribution < -0.4 is 10.6 Å². The number of ether oxygens (including phenoxy) is 1. The van der Waals surface area contributed by atoms with Gasteiger partial charge in [0.15, 0.2) is 0 Å². The average Bonchev–Trinajstić information content (AvgIpc) is 2.90. The Morgan fingerprint density at radius 2 is 2.23 bits per heavy atom. The minimum Gasteiger partial charge on any atom is -0.384 e. The second-order valence-electron chi connectivity index (χ2n) is 6.37. The van der Waals surface area contributed by atoms with Gasteiger partial charge in [0.1, 0.15) is 5.82 Å². The molecule has 1 unspecified atom stereocenters. The lowest BCUT2D eigenvalue weighted by atomic mass is 9.78. The highest BCUT2D eigenvalue weighted by molar-refractivity contribution is 5.83. The molecule has 1 aliphatic heterocycles. The number of piperidine rings is 1. The number of fused-ring (bicyclic) bond motifs is 1. The number of carbonyl (C=O) groups excluding carboxylic acids is 1. The number of nitrogens with one attached hydrogen (secondary N) is 2. The van der Waals surface area contributed by atoms with Crippen molar-refractivity contribution in [2.75, 3.05) is 26.8 Å². The van der Waals surface area contributed by atoms with E-state index in [1.54, 1.807) is 19.2 Å². The zero-order valence-corrected chi connectivity index (χ0v) is 13.0. The van der Waals surface area contributed by atoms with E-state index in [0.29, 0.717) is 6.61 Å². The first-order valence-electron chi connectivity index (χ1n) is 7.93. The number of carbonyl (C=O) groups is 1. The number of aryl methyl sites for hydroxylation is 1. The van der Waals surface area contributed by atoms with Crippen LogP contribution in [0.4, 0.5) is 4.39 Å². The van der Waals surface area contributed by atoms with Crippen LogP contribution in [-0.4, -0.2) is 32.7 Å². The molecule has 1 aliphatic carbocycles. The summed E-state index contributed by atoms with van der Waals surface area (Å²) in [7, 11) is 1.64. The molecule has 3 rings (SSSR count). The lowest BCUT2D eigenvalue weighted by Crippen LogP contribution is -2.50. The number of halogens is 1. The molecule has 0 saturated carbocycles. The van der Waals surface area contributed by atoms with Gasteiger partial charge in [-0.05, 0) is 62.0 Å². The van der Waals surface area contributed by atoms with Gasteiger partial charge in [-0.3, -0.25) is 4.79 Å². The molecule has 0 radical (unpaired) electrons. The van der Waals surface area contributed by atoms with E-state index in [9.17, 15) is 9.18 Å². The molecule has 1 fully saturated rings. The molecule has 0 bridgehead atoms. The first-order chi connectivity index (χ1) is 10.6. The second-order valence-corrected chi connectivity index (χ2v) is 6.37. The van der Waals surface area contributed by atoms with Gasteiger partial charge in [-0.2, -0.15) is 0 Å². The average molecular weight is 306 g/mol. The summed E-state index contributed by atoms with van der Waals surface area (Å²) in [5.74, 6) is -0.141. The van der Waals surface area contributed by atoms with Crippen LogP contribution in [0, 0.1) is 11.2 Å². The quantitative estimate of drug-likeness (QED) is 0.894. The van der Waals surface area contributed by atoms with Gasteiger partial charge in [-0.1, -0.05) is 6.07 Å². The van der Waals surface area contributed by atoms with Crippen molar-refractivity contribution >= 4 is 5.91 Å². The minimum absolute atomic E-state index is 0.00767. The van der Waals surface area contributed by atoms with Crippen LogP contribution in [0.3, 0.4) is 0 Å². The summed E-state index contributed by atoms with van der Waals surface area (Å²) in [6, 6.07) is 4.84. The number of benzene rings is 1. The van der Waals surface area contributed by atoms with Gasteiger partial charge in [-0.15, -0.1) is 0 Å². The van der Waals surface area contributed by atoms with Gasteiger partial charge in [0.25, 0.3) is 0 Å². The number of hydrogen-bond acceptors (Lipinski definition) is 3. The minimum atomic E-state index is -0.442. The Hall–Kier alpha value is -1.46. The third kappa shape index (κ3) is 2.88. The van der Waals surface area contributed by atoms with Crippen LogP contribution in [0.25, 0.3) is 0 Å². The lowest BCUT2D eigenvalue weighted by molar-refractivity contribution is -0.137. The Balaban J connectivity index is 1.74. The molecule has 5 heteroatoms. The van der Waals surface area contributed by atoms with Crippen molar-refractivity contribution in [2.45, 2.75) is 31.7 Å². The Kier molecular flexibility index (Phi) is 4.45. The normalized spacial score (nSPS) is 23.1. The molecule has 1 saturated heterocycles. The molecule has 2 aliphatic rings. The SMILES string of the molecule is COCC1(C(=O)NC2CCc3cc(F)ccc32)CCNCC1. The van der Waals surface area contributed by atoms with E-state index in [2.05, 4.69) is 10.6 Å². The van der Waals surface area contributed by atoms with E-state index >= 15 is 0 Å². The summed E-state index contributed by atoms with van der Waals surface area (Å²) in [6.45, 7) is 2.12. The summed E-state index contributed by atoms with van der Waals surface area (Å²) in [5.41, 5.74) is 1.62. The van der Waals surface area contributed by atoms with Crippen molar-refractivity contribution in [3.05, 3.63) is 35.1 Å². The molecule has 1 atom stereocenters. The Morgan fingerprint density at radius 1 is 1.45 bits per heavy atom. The van der Waals surface area contributed by atoms with E-state index < -0.39 is 5.41 Å². The van der Waals surface area contributed by atoms with Crippen LogP contribution in [-0.2, 0) is 16.0 Å². The second kappa shape index (κ2) is 6.34. The van der Waals surface area contributed by atoms with Crippen molar-refractivity contribution in [3.63, 3.8) is 0 Å². The molecule has 1 amide bonds.